The molecule has 218 valence electrons. The van der Waals surface area contributed by atoms with E-state index in [0.29, 0.717) is 16.9 Å². The normalized spacial score (nSPS) is 13.2. The van der Waals surface area contributed by atoms with Crippen LogP contribution in [0.5, 0.6) is 17.2 Å². The number of benzene rings is 3. The van der Waals surface area contributed by atoms with Crippen molar-refractivity contribution in [2.75, 3.05) is 19.5 Å². The Balaban J connectivity index is 1.33. The van der Waals surface area contributed by atoms with Gasteiger partial charge in [0.25, 0.3) is 5.91 Å². The highest BCUT2D eigenvalue weighted by atomic mass is 16.6. The molecule has 0 unspecified atom stereocenters. The van der Waals surface area contributed by atoms with Crippen LogP contribution >= 0.6 is 0 Å². The number of rotatable bonds is 9. The standard InChI is InChI=1S/C31H32N4O7/c1-40-23-15-13-21(14-16-23)31(39)42-26-17-12-20(18-27(26)41-2)19-32-35-30(38)29(37)34-25-11-7-6-10-24(25)28(36)33-22-8-4-3-5-9-22/h6-7,10-19,22H,3-5,8-9H2,1-2H3,(H,33,36)(H,34,37)(H,35,38). The molecule has 1 aliphatic rings. The fraction of sp³-hybridized carbons (Fsp3) is 0.258. The number of nitrogens with zero attached hydrogens (tertiary/aromatic N) is 1. The van der Waals surface area contributed by atoms with Crippen LogP contribution in [-0.4, -0.2) is 50.2 Å². The lowest BCUT2D eigenvalue weighted by molar-refractivity contribution is -0.136. The van der Waals surface area contributed by atoms with E-state index in [-0.39, 0.29) is 34.7 Å². The maximum absolute atomic E-state index is 12.8. The quantitative estimate of drug-likeness (QED) is 0.115. The summed E-state index contributed by atoms with van der Waals surface area (Å²) >= 11 is 0. The van der Waals surface area contributed by atoms with Crippen molar-refractivity contribution in [3.63, 3.8) is 0 Å². The zero-order valence-corrected chi connectivity index (χ0v) is 23.3. The molecule has 0 heterocycles. The summed E-state index contributed by atoms with van der Waals surface area (Å²) in [5.41, 5.74) is 3.49. The summed E-state index contributed by atoms with van der Waals surface area (Å²) in [5.74, 6) is -1.83. The van der Waals surface area contributed by atoms with Crippen LogP contribution < -0.4 is 30.3 Å². The Morgan fingerprint density at radius 2 is 1.57 bits per heavy atom. The molecule has 3 aromatic carbocycles. The first kappa shape index (κ1) is 29.8. The predicted molar refractivity (Wildman–Crippen MR) is 156 cm³/mol. The van der Waals surface area contributed by atoms with Crippen LogP contribution in [0.3, 0.4) is 0 Å². The molecule has 11 heteroatoms. The Hall–Kier alpha value is -5.19. The molecule has 0 radical (unpaired) electrons. The number of carbonyl (C=O) groups is 4. The van der Waals surface area contributed by atoms with Crippen molar-refractivity contribution >= 4 is 35.6 Å². The number of carbonyl (C=O) groups excluding carboxylic acids is 4. The predicted octanol–water partition coefficient (Wildman–Crippen LogP) is 4.07. The first-order valence-electron chi connectivity index (χ1n) is 13.5. The van der Waals surface area contributed by atoms with E-state index in [1.54, 1.807) is 60.7 Å². The molecule has 42 heavy (non-hydrogen) atoms. The third-order valence-electron chi connectivity index (χ3n) is 6.66. The lowest BCUT2D eigenvalue weighted by Gasteiger charge is -2.23. The minimum absolute atomic E-state index is 0.0980. The summed E-state index contributed by atoms with van der Waals surface area (Å²) in [6.07, 6.45) is 6.44. The van der Waals surface area contributed by atoms with Gasteiger partial charge in [0.1, 0.15) is 5.75 Å². The fourth-order valence-electron chi connectivity index (χ4n) is 4.43. The van der Waals surface area contributed by atoms with Crippen LogP contribution in [0.4, 0.5) is 5.69 Å². The number of hydrazone groups is 1. The molecule has 3 amide bonds. The molecular weight excluding hydrogens is 540 g/mol. The molecular formula is C31H32N4O7. The number of esters is 1. The largest absolute Gasteiger partial charge is 0.497 e. The van der Waals surface area contributed by atoms with E-state index in [2.05, 4.69) is 21.2 Å². The summed E-state index contributed by atoms with van der Waals surface area (Å²) < 4.78 is 15.9. The van der Waals surface area contributed by atoms with E-state index in [9.17, 15) is 19.2 Å². The zero-order chi connectivity index (χ0) is 29.9. The van der Waals surface area contributed by atoms with E-state index in [4.69, 9.17) is 14.2 Å². The SMILES string of the molecule is COc1ccc(C(=O)Oc2ccc(C=NNC(=O)C(=O)Nc3ccccc3C(=O)NC3CCCCC3)cc2OC)cc1. The van der Waals surface area contributed by atoms with Crippen LogP contribution in [0.25, 0.3) is 0 Å². The van der Waals surface area contributed by atoms with Gasteiger partial charge in [-0.2, -0.15) is 5.10 Å². The first-order chi connectivity index (χ1) is 20.4. The summed E-state index contributed by atoms with van der Waals surface area (Å²) in [6.45, 7) is 0. The van der Waals surface area contributed by atoms with Crippen molar-refractivity contribution in [3.05, 3.63) is 83.4 Å². The summed E-state index contributed by atoms with van der Waals surface area (Å²) in [6, 6.07) is 17.7. The van der Waals surface area contributed by atoms with Crippen LogP contribution in [-0.2, 0) is 9.59 Å². The van der Waals surface area contributed by atoms with E-state index in [0.717, 1.165) is 32.1 Å². The van der Waals surface area contributed by atoms with Gasteiger partial charge in [-0.15, -0.1) is 0 Å². The minimum atomic E-state index is -1.02. The van der Waals surface area contributed by atoms with E-state index < -0.39 is 17.8 Å². The monoisotopic (exact) mass is 572 g/mol. The van der Waals surface area contributed by atoms with Crippen molar-refractivity contribution in [2.24, 2.45) is 5.10 Å². The molecule has 3 N–H and O–H groups in total. The molecule has 4 rings (SSSR count). The van der Waals surface area contributed by atoms with Crippen LogP contribution in [0.15, 0.2) is 71.8 Å². The molecule has 1 saturated carbocycles. The Morgan fingerprint density at radius 1 is 0.833 bits per heavy atom. The minimum Gasteiger partial charge on any atom is -0.497 e. The van der Waals surface area contributed by atoms with Crippen LogP contribution in [0.1, 0.15) is 58.4 Å². The average Bonchev–Trinajstić information content (AvgIpc) is 3.02. The van der Waals surface area contributed by atoms with Gasteiger partial charge in [0, 0.05) is 6.04 Å². The molecule has 0 bridgehead atoms. The van der Waals surface area contributed by atoms with Crippen molar-refractivity contribution in [1.82, 2.24) is 10.7 Å². The molecule has 0 spiro atoms. The van der Waals surface area contributed by atoms with Crippen LogP contribution in [0, 0.1) is 0 Å². The van der Waals surface area contributed by atoms with Crippen LogP contribution in [0.2, 0.25) is 0 Å². The summed E-state index contributed by atoms with van der Waals surface area (Å²) in [5, 5.41) is 9.32. The van der Waals surface area contributed by atoms with Gasteiger partial charge in [-0.3, -0.25) is 14.4 Å². The van der Waals surface area contributed by atoms with Crippen molar-refractivity contribution in [2.45, 2.75) is 38.1 Å². The van der Waals surface area contributed by atoms with E-state index >= 15 is 0 Å². The second-order valence-corrected chi connectivity index (χ2v) is 9.54. The maximum Gasteiger partial charge on any atom is 0.343 e. The van der Waals surface area contributed by atoms with E-state index in [1.165, 1.54) is 26.5 Å². The maximum atomic E-state index is 12.8. The van der Waals surface area contributed by atoms with Gasteiger partial charge in [0.2, 0.25) is 0 Å². The fourth-order valence-corrected chi connectivity index (χ4v) is 4.43. The molecule has 1 fully saturated rings. The lowest BCUT2D eigenvalue weighted by atomic mass is 9.95. The zero-order valence-electron chi connectivity index (χ0n) is 23.3. The molecule has 1 aliphatic carbocycles. The van der Waals surface area contributed by atoms with Gasteiger partial charge >= 0.3 is 17.8 Å². The smallest absolute Gasteiger partial charge is 0.343 e. The molecule has 3 aromatic rings. The highest BCUT2D eigenvalue weighted by Crippen LogP contribution is 2.28. The highest BCUT2D eigenvalue weighted by molar-refractivity contribution is 6.40. The molecule has 0 atom stereocenters. The molecule has 11 nitrogen and oxygen atoms in total. The second-order valence-electron chi connectivity index (χ2n) is 9.54. The average molecular weight is 573 g/mol. The van der Waals surface area contributed by atoms with Crippen molar-refractivity contribution in [3.8, 4) is 17.2 Å². The second kappa shape index (κ2) is 14.4. The Labute approximate surface area is 243 Å². The summed E-state index contributed by atoms with van der Waals surface area (Å²) in [4.78, 5) is 50.2. The number of anilines is 1. The Bertz CT molecular complexity index is 1460. The number of hydrogen-bond acceptors (Lipinski definition) is 8. The Morgan fingerprint density at radius 3 is 2.29 bits per heavy atom. The third-order valence-corrected chi connectivity index (χ3v) is 6.66. The Kier molecular flexibility index (Phi) is 10.2. The van der Waals surface area contributed by atoms with Crippen molar-refractivity contribution < 1.29 is 33.4 Å². The number of amides is 3. The number of para-hydroxylation sites is 1. The van der Waals surface area contributed by atoms with Gasteiger partial charge < -0.3 is 24.8 Å². The molecule has 0 aromatic heterocycles. The van der Waals surface area contributed by atoms with Gasteiger partial charge in [0.15, 0.2) is 11.5 Å². The lowest BCUT2D eigenvalue weighted by Crippen LogP contribution is -2.37. The number of hydrogen-bond donors (Lipinski definition) is 3. The topological polar surface area (TPSA) is 144 Å². The third kappa shape index (κ3) is 7.94. The van der Waals surface area contributed by atoms with Gasteiger partial charge in [0.05, 0.1) is 37.2 Å². The molecule has 0 saturated heterocycles. The number of ether oxygens (including phenoxy) is 3. The van der Waals surface area contributed by atoms with E-state index in [1.807, 2.05) is 0 Å². The van der Waals surface area contributed by atoms with Gasteiger partial charge in [-0.05, 0) is 73.0 Å². The van der Waals surface area contributed by atoms with Crippen molar-refractivity contribution in [1.29, 1.82) is 0 Å². The van der Waals surface area contributed by atoms with Gasteiger partial charge in [-0.25, -0.2) is 10.2 Å². The van der Waals surface area contributed by atoms with Gasteiger partial charge in [-0.1, -0.05) is 31.4 Å². The first-order valence-corrected chi connectivity index (χ1v) is 13.5. The molecule has 0 aliphatic heterocycles. The summed E-state index contributed by atoms with van der Waals surface area (Å²) in [7, 11) is 2.95. The highest BCUT2D eigenvalue weighted by Gasteiger charge is 2.21. The number of methoxy groups -OCH3 is 2. The number of nitrogens with one attached hydrogen (secondary N) is 3.